The monoisotopic (exact) mass is 387 g/mol. The first-order chi connectivity index (χ1) is 11.7. The van der Waals surface area contributed by atoms with Gasteiger partial charge in [0.1, 0.15) is 5.82 Å². The lowest BCUT2D eigenvalue weighted by Crippen LogP contribution is -2.09. The van der Waals surface area contributed by atoms with Crippen LogP contribution < -0.4 is 10.6 Å². The summed E-state index contributed by atoms with van der Waals surface area (Å²) >= 11 is 3.40. The van der Waals surface area contributed by atoms with Gasteiger partial charge >= 0.3 is 0 Å². The van der Waals surface area contributed by atoms with Gasteiger partial charge < -0.3 is 10.6 Å². The quantitative estimate of drug-likeness (QED) is 0.664. The Balaban J connectivity index is 1.56. The van der Waals surface area contributed by atoms with Crippen LogP contribution in [0.4, 0.5) is 21.8 Å². The van der Waals surface area contributed by atoms with Crippen molar-refractivity contribution >= 4 is 33.4 Å². The molecule has 0 radical (unpaired) electrons. The zero-order valence-corrected chi connectivity index (χ0v) is 14.3. The molecule has 1 aromatic heterocycles. The average Bonchev–Trinajstić information content (AvgIpc) is 2.59. The first-order valence-corrected chi connectivity index (χ1v) is 8.19. The summed E-state index contributed by atoms with van der Waals surface area (Å²) in [7, 11) is 0. The highest BCUT2D eigenvalue weighted by Crippen LogP contribution is 2.17. The van der Waals surface area contributed by atoms with E-state index in [1.807, 2.05) is 24.3 Å². The van der Waals surface area contributed by atoms with Crippen LogP contribution in [0, 0.1) is 5.82 Å². The number of anilines is 3. The van der Waals surface area contributed by atoms with Crippen molar-refractivity contribution in [1.29, 1.82) is 0 Å². The predicted molar refractivity (Wildman–Crippen MR) is 95.8 cm³/mol. The minimum atomic E-state index is -0.231. The van der Waals surface area contributed by atoms with Gasteiger partial charge in [-0.25, -0.2) is 4.39 Å². The van der Waals surface area contributed by atoms with Crippen molar-refractivity contribution < 1.29 is 4.39 Å². The summed E-state index contributed by atoms with van der Waals surface area (Å²) in [5, 5.41) is 14.2. The Morgan fingerprint density at radius 3 is 2.50 bits per heavy atom. The van der Waals surface area contributed by atoms with E-state index in [4.69, 9.17) is 0 Å². The molecule has 0 aliphatic heterocycles. The molecule has 0 bridgehead atoms. The van der Waals surface area contributed by atoms with E-state index in [2.05, 4.69) is 41.7 Å². The largest absolute Gasteiger partial charge is 0.353 e. The van der Waals surface area contributed by atoms with Gasteiger partial charge in [-0.1, -0.05) is 28.1 Å². The van der Waals surface area contributed by atoms with Crippen LogP contribution in [-0.4, -0.2) is 21.7 Å². The molecule has 0 unspecified atom stereocenters. The Morgan fingerprint density at radius 2 is 1.75 bits per heavy atom. The normalized spacial score (nSPS) is 10.4. The third kappa shape index (κ3) is 4.73. The van der Waals surface area contributed by atoms with Crippen LogP contribution in [0.2, 0.25) is 0 Å². The molecule has 2 N–H and O–H groups in total. The standard InChI is InChI=1S/C17H15BrFN5/c18-13-3-7-15(8-4-13)22-16-11-21-24-17(23-16)20-10-9-12-1-5-14(19)6-2-12/h1-8,11H,9-10H2,(H2,20,22,23,24). The first kappa shape index (κ1) is 16.3. The lowest BCUT2D eigenvalue weighted by Gasteiger charge is -2.08. The van der Waals surface area contributed by atoms with Crippen molar-refractivity contribution in [3.8, 4) is 0 Å². The van der Waals surface area contributed by atoms with Gasteiger partial charge in [0.05, 0.1) is 6.20 Å². The van der Waals surface area contributed by atoms with Gasteiger partial charge in [0, 0.05) is 16.7 Å². The van der Waals surface area contributed by atoms with E-state index in [1.165, 1.54) is 12.1 Å². The maximum absolute atomic E-state index is 12.9. The molecule has 0 amide bonds. The van der Waals surface area contributed by atoms with E-state index < -0.39 is 0 Å². The second-order valence-corrected chi connectivity index (χ2v) is 6.02. The molecule has 0 aliphatic rings. The molecule has 122 valence electrons. The van der Waals surface area contributed by atoms with Crippen LogP contribution in [0.15, 0.2) is 59.2 Å². The fourth-order valence-electron chi connectivity index (χ4n) is 2.09. The molecule has 0 fully saturated rings. The molecule has 0 saturated carbocycles. The molecule has 5 nitrogen and oxygen atoms in total. The van der Waals surface area contributed by atoms with Crippen LogP contribution in [0.5, 0.6) is 0 Å². The van der Waals surface area contributed by atoms with E-state index in [9.17, 15) is 4.39 Å². The summed E-state index contributed by atoms with van der Waals surface area (Å²) in [6.07, 6.45) is 2.31. The molecule has 2 aromatic carbocycles. The van der Waals surface area contributed by atoms with Crippen molar-refractivity contribution in [2.24, 2.45) is 0 Å². The van der Waals surface area contributed by atoms with Gasteiger partial charge in [0.15, 0.2) is 5.82 Å². The molecule has 0 aliphatic carbocycles. The Hall–Kier alpha value is -2.54. The summed E-state index contributed by atoms with van der Waals surface area (Å²) < 4.78 is 13.9. The Bertz CT molecular complexity index is 793. The topological polar surface area (TPSA) is 62.7 Å². The lowest BCUT2D eigenvalue weighted by molar-refractivity contribution is 0.627. The number of benzene rings is 2. The number of halogens is 2. The fourth-order valence-corrected chi connectivity index (χ4v) is 2.35. The van der Waals surface area contributed by atoms with Gasteiger partial charge in [-0.15, -0.1) is 5.10 Å². The van der Waals surface area contributed by atoms with Gasteiger partial charge in [0.2, 0.25) is 5.95 Å². The Labute approximate surface area is 147 Å². The molecule has 3 aromatic rings. The van der Waals surface area contributed by atoms with Crippen molar-refractivity contribution in [2.45, 2.75) is 6.42 Å². The molecule has 24 heavy (non-hydrogen) atoms. The molecule has 0 spiro atoms. The van der Waals surface area contributed by atoms with Crippen molar-refractivity contribution in [3.05, 3.63) is 70.6 Å². The number of hydrogen-bond donors (Lipinski definition) is 2. The van der Waals surface area contributed by atoms with Crippen molar-refractivity contribution in [1.82, 2.24) is 15.2 Å². The summed E-state index contributed by atoms with van der Waals surface area (Å²) in [4.78, 5) is 4.37. The Kier molecular flexibility index (Phi) is 5.32. The average molecular weight is 388 g/mol. The lowest BCUT2D eigenvalue weighted by atomic mass is 10.1. The van der Waals surface area contributed by atoms with Crippen LogP contribution >= 0.6 is 15.9 Å². The van der Waals surface area contributed by atoms with Crippen LogP contribution in [-0.2, 0) is 6.42 Å². The number of hydrogen-bond acceptors (Lipinski definition) is 5. The van der Waals surface area contributed by atoms with Crippen LogP contribution in [0.25, 0.3) is 0 Å². The third-order valence-corrected chi connectivity index (χ3v) is 3.81. The van der Waals surface area contributed by atoms with E-state index in [1.54, 1.807) is 18.3 Å². The molecule has 3 rings (SSSR count). The minimum Gasteiger partial charge on any atom is -0.353 e. The maximum atomic E-state index is 12.9. The number of nitrogens with one attached hydrogen (secondary N) is 2. The van der Waals surface area contributed by atoms with E-state index >= 15 is 0 Å². The van der Waals surface area contributed by atoms with Crippen LogP contribution in [0.1, 0.15) is 5.56 Å². The van der Waals surface area contributed by atoms with Gasteiger partial charge in [-0.05, 0) is 48.4 Å². The second-order valence-electron chi connectivity index (χ2n) is 5.10. The SMILES string of the molecule is Fc1ccc(CCNc2nncc(Nc3ccc(Br)cc3)n2)cc1. The van der Waals surface area contributed by atoms with E-state index in [0.29, 0.717) is 18.3 Å². The number of nitrogens with zero attached hydrogens (tertiary/aromatic N) is 3. The summed E-state index contributed by atoms with van der Waals surface area (Å²) in [5.74, 6) is 0.821. The first-order valence-electron chi connectivity index (χ1n) is 7.40. The highest BCUT2D eigenvalue weighted by molar-refractivity contribution is 9.10. The van der Waals surface area contributed by atoms with Gasteiger partial charge in [-0.3, -0.25) is 0 Å². The number of rotatable bonds is 6. The summed E-state index contributed by atoms with van der Waals surface area (Å²) in [5.41, 5.74) is 1.96. The zero-order chi connectivity index (χ0) is 16.8. The summed E-state index contributed by atoms with van der Waals surface area (Å²) in [6, 6.07) is 14.2. The molecule has 1 heterocycles. The zero-order valence-electron chi connectivity index (χ0n) is 12.7. The second kappa shape index (κ2) is 7.83. The molecule has 0 atom stereocenters. The smallest absolute Gasteiger partial charge is 0.244 e. The van der Waals surface area contributed by atoms with Crippen LogP contribution in [0.3, 0.4) is 0 Å². The van der Waals surface area contributed by atoms with E-state index in [-0.39, 0.29) is 5.82 Å². The Morgan fingerprint density at radius 1 is 1.00 bits per heavy atom. The fraction of sp³-hybridized carbons (Fsp3) is 0.118. The van der Waals surface area contributed by atoms with Gasteiger partial charge in [-0.2, -0.15) is 10.1 Å². The highest BCUT2D eigenvalue weighted by Gasteiger charge is 2.02. The maximum Gasteiger partial charge on any atom is 0.244 e. The van der Waals surface area contributed by atoms with Crippen molar-refractivity contribution in [3.63, 3.8) is 0 Å². The molecule has 7 heteroatoms. The third-order valence-electron chi connectivity index (χ3n) is 3.29. The molecular weight excluding hydrogens is 373 g/mol. The highest BCUT2D eigenvalue weighted by atomic mass is 79.9. The number of aromatic nitrogens is 3. The molecule has 0 saturated heterocycles. The molecular formula is C17H15BrFN5. The predicted octanol–water partition coefficient (Wildman–Crippen LogP) is 4.17. The van der Waals surface area contributed by atoms with E-state index in [0.717, 1.165) is 22.1 Å². The summed E-state index contributed by atoms with van der Waals surface area (Å²) in [6.45, 7) is 0.634. The van der Waals surface area contributed by atoms with Crippen molar-refractivity contribution in [2.75, 3.05) is 17.2 Å². The van der Waals surface area contributed by atoms with Gasteiger partial charge in [0.25, 0.3) is 0 Å². The minimum absolute atomic E-state index is 0.231.